The van der Waals surface area contributed by atoms with Gasteiger partial charge in [-0.05, 0) is 89.9 Å². The highest BCUT2D eigenvalue weighted by Gasteiger charge is 2.19. The number of carbonyl (C=O) groups is 3. The molecule has 0 amide bonds. The van der Waals surface area contributed by atoms with E-state index in [1.807, 2.05) is 0 Å². The topological polar surface area (TPSA) is 78.9 Å². The number of allylic oxidation sites excluding steroid dienone is 10. The van der Waals surface area contributed by atoms with Crippen molar-refractivity contribution in [3.8, 4) is 0 Å². The molecule has 0 radical (unpaired) electrons. The maximum Gasteiger partial charge on any atom is 0.306 e. The van der Waals surface area contributed by atoms with Crippen LogP contribution in [-0.2, 0) is 28.6 Å². The van der Waals surface area contributed by atoms with Crippen LogP contribution in [0.4, 0.5) is 0 Å². The summed E-state index contributed by atoms with van der Waals surface area (Å²) in [5, 5.41) is 0. The van der Waals surface area contributed by atoms with Crippen LogP contribution in [0.5, 0.6) is 0 Å². The normalized spacial score (nSPS) is 12.4. The summed E-state index contributed by atoms with van der Waals surface area (Å²) in [5.74, 6) is -0.877. The van der Waals surface area contributed by atoms with Crippen LogP contribution in [-0.4, -0.2) is 37.2 Å². The SMILES string of the molecule is CCCCC/C=C\C/C=C\CCCCCCCC(=O)OCC(COC(=O)CCCCCCCCCC/C=C\C/C=C\C/C=C\CCCCCCC)OC(=O)CCCCCCCCCCCCCCCCCCCCCCCCC. The number of carbonyl (C=O) groups excluding carboxylic acids is 3. The minimum atomic E-state index is -0.783. The zero-order valence-electron chi connectivity index (χ0n) is 52.9. The van der Waals surface area contributed by atoms with Gasteiger partial charge in [-0.3, -0.25) is 14.4 Å². The molecule has 1 unspecified atom stereocenters. The molecule has 6 nitrogen and oxygen atoms in total. The number of esters is 3. The molecule has 0 aliphatic carbocycles. The predicted octanol–water partition coefficient (Wildman–Crippen LogP) is 23.9. The molecule has 79 heavy (non-hydrogen) atoms. The number of unbranched alkanes of at least 4 members (excludes halogenated alkanes) is 43. The third kappa shape index (κ3) is 65.8. The van der Waals surface area contributed by atoms with Crippen molar-refractivity contribution >= 4 is 17.9 Å². The average Bonchev–Trinajstić information content (AvgIpc) is 3.45. The van der Waals surface area contributed by atoms with E-state index < -0.39 is 6.10 Å². The van der Waals surface area contributed by atoms with Gasteiger partial charge < -0.3 is 14.2 Å². The second-order valence-corrected chi connectivity index (χ2v) is 23.4. The Morgan fingerprint density at radius 2 is 0.456 bits per heavy atom. The summed E-state index contributed by atoms with van der Waals surface area (Å²) in [6.07, 6.45) is 86.7. The summed E-state index contributed by atoms with van der Waals surface area (Å²) in [6.45, 7) is 6.64. The summed E-state index contributed by atoms with van der Waals surface area (Å²) < 4.78 is 17.0. The van der Waals surface area contributed by atoms with Gasteiger partial charge in [0.1, 0.15) is 13.2 Å². The monoisotopic (exact) mass is 1110 g/mol. The molecule has 0 saturated heterocycles. The van der Waals surface area contributed by atoms with Crippen molar-refractivity contribution < 1.29 is 28.6 Å². The molecule has 0 spiro atoms. The van der Waals surface area contributed by atoms with Crippen molar-refractivity contribution in [1.82, 2.24) is 0 Å². The fourth-order valence-corrected chi connectivity index (χ4v) is 10.2. The molecular formula is C73H132O6. The van der Waals surface area contributed by atoms with Gasteiger partial charge in [0.15, 0.2) is 6.10 Å². The molecule has 0 aromatic heterocycles. The van der Waals surface area contributed by atoms with Crippen LogP contribution >= 0.6 is 0 Å². The molecule has 0 rings (SSSR count). The highest BCUT2D eigenvalue weighted by atomic mass is 16.6. The zero-order chi connectivity index (χ0) is 57.1. The van der Waals surface area contributed by atoms with Gasteiger partial charge in [-0.1, -0.05) is 319 Å². The maximum atomic E-state index is 13.0. The average molecular weight is 1110 g/mol. The Balaban J connectivity index is 4.33. The summed E-state index contributed by atoms with van der Waals surface area (Å²) in [4.78, 5) is 38.4. The van der Waals surface area contributed by atoms with E-state index in [9.17, 15) is 14.4 Å². The zero-order valence-corrected chi connectivity index (χ0v) is 52.9. The van der Waals surface area contributed by atoms with Crippen LogP contribution in [0, 0.1) is 0 Å². The standard InChI is InChI=1S/C73H132O6/c1-4-7-10-13-16-19-22-25-28-30-32-34-36-38-40-42-45-48-51-54-57-60-63-66-72(75)78-69-70(68-77-71(74)65-62-59-56-53-50-47-44-27-24-21-18-15-12-9-6-3)79-73(76)67-64-61-58-55-52-49-46-43-41-39-37-35-33-31-29-26-23-20-17-14-11-8-5-2/h18,21-22,25,27,30,32,36,38,44,70H,4-17,19-20,23-24,26,28-29,31,33-35,37,39-43,45-69H2,1-3H3/b21-18-,25-22-,32-30-,38-36-,44-27-. The minimum absolute atomic E-state index is 0.0796. The van der Waals surface area contributed by atoms with E-state index in [0.717, 1.165) is 96.3 Å². The highest BCUT2D eigenvalue weighted by Crippen LogP contribution is 2.18. The Hall–Kier alpha value is -2.89. The van der Waals surface area contributed by atoms with Gasteiger partial charge in [-0.25, -0.2) is 0 Å². The van der Waals surface area contributed by atoms with E-state index in [2.05, 4.69) is 81.5 Å². The molecule has 0 saturated carbocycles. The summed E-state index contributed by atoms with van der Waals surface area (Å²) in [5.41, 5.74) is 0. The maximum absolute atomic E-state index is 13.0. The van der Waals surface area contributed by atoms with Gasteiger partial charge in [-0.15, -0.1) is 0 Å². The van der Waals surface area contributed by atoms with Crippen LogP contribution in [0.25, 0.3) is 0 Å². The Labute approximate surface area is 491 Å². The lowest BCUT2D eigenvalue weighted by atomic mass is 10.0. The van der Waals surface area contributed by atoms with E-state index in [0.29, 0.717) is 19.3 Å². The summed E-state index contributed by atoms with van der Waals surface area (Å²) in [7, 11) is 0. The van der Waals surface area contributed by atoms with Gasteiger partial charge in [0, 0.05) is 19.3 Å². The molecule has 0 bridgehead atoms. The van der Waals surface area contributed by atoms with E-state index in [1.54, 1.807) is 0 Å². The molecule has 0 fully saturated rings. The first-order chi connectivity index (χ1) is 39.0. The number of ether oxygens (including phenoxy) is 3. The first-order valence-corrected chi connectivity index (χ1v) is 34.8. The smallest absolute Gasteiger partial charge is 0.306 e. The lowest BCUT2D eigenvalue weighted by molar-refractivity contribution is -0.167. The number of hydrogen-bond donors (Lipinski definition) is 0. The van der Waals surface area contributed by atoms with Crippen molar-refractivity contribution in [2.75, 3.05) is 13.2 Å². The fraction of sp³-hybridized carbons (Fsp3) is 0.822. The third-order valence-corrected chi connectivity index (χ3v) is 15.5. The lowest BCUT2D eigenvalue weighted by Crippen LogP contribution is -2.30. The lowest BCUT2D eigenvalue weighted by Gasteiger charge is -2.18. The largest absolute Gasteiger partial charge is 0.462 e. The Morgan fingerprint density at radius 3 is 0.734 bits per heavy atom. The molecule has 6 heteroatoms. The van der Waals surface area contributed by atoms with Crippen LogP contribution in [0.15, 0.2) is 60.8 Å². The van der Waals surface area contributed by atoms with E-state index in [-0.39, 0.29) is 31.1 Å². The van der Waals surface area contributed by atoms with Crippen LogP contribution in [0.3, 0.4) is 0 Å². The fourth-order valence-electron chi connectivity index (χ4n) is 10.2. The van der Waals surface area contributed by atoms with Crippen LogP contribution < -0.4 is 0 Å². The van der Waals surface area contributed by atoms with E-state index in [1.165, 1.54) is 231 Å². The molecule has 0 N–H and O–H groups in total. The number of hydrogen-bond acceptors (Lipinski definition) is 6. The third-order valence-electron chi connectivity index (χ3n) is 15.5. The second kappa shape index (κ2) is 67.6. The summed E-state index contributed by atoms with van der Waals surface area (Å²) in [6, 6.07) is 0. The van der Waals surface area contributed by atoms with Gasteiger partial charge in [-0.2, -0.15) is 0 Å². The van der Waals surface area contributed by atoms with Crippen molar-refractivity contribution in [3.63, 3.8) is 0 Å². The van der Waals surface area contributed by atoms with Crippen molar-refractivity contribution in [2.45, 2.75) is 374 Å². The first kappa shape index (κ1) is 76.1. The molecular weight excluding hydrogens is 973 g/mol. The van der Waals surface area contributed by atoms with Crippen molar-refractivity contribution in [2.24, 2.45) is 0 Å². The molecule has 0 aliphatic heterocycles. The molecule has 0 aromatic carbocycles. The predicted molar refractivity (Wildman–Crippen MR) is 344 cm³/mol. The Kier molecular flexibility index (Phi) is 65.1. The minimum Gasteiger partial charge on any atom is -0.462 e. The Morgan fingerprint density at radius 1 is 0.253 bits per heavy atom. The molecule has 0 aromatic rings. The Bertz CT molecular complexity index is 1410. The molecule has 1 atom stereocenters. The van der Waals surface area contributed by atoms with E-state index in [4.69, 9.17) is 14.2 Å². The highest BCUT2D eigenvalue weighted by molar-refractivity contribution is 5.71. The van der Waals surface area contributed by atoms with Gasteiger partial charge in [0.2, 0.25) is 0 Å². The van der Waals surface area contributed by atoms with Gasteiger partial charge in [0.25, 0.3) is 0 Å². The summed E-state index contributed by atoms with van der Waals surface area (Å²) >= 11 is 0. The van der Waals surface area contributed by atoms with Crippen LogP contribution in [0.1, 0.15) is 367 Å². The first-order valence-electron chi connectivity index (χ1n) is 34.8. The second-order valence-electron chi connectivity index (χ2n) is 23.4. The van der Waals surface area contributed by atoms with Crippen molar-refractivity contribution in [1.29, 1.82) is 0 Å². The van der Waals surface area contributed by atoms with Crippen molar-refractivity contribution in [3.05, 3.63) is 60.8 Å². The van der Waals surface area contributed by atoms with Gasteiger partial charge >= 0.3 is 17.9 Å². The van der Waals surface area contributed by atoms with Crippen LogP contribution in [0.2, 0.25) is 0 Å². The van der Waals surface area contributed by atoms with Gasteiger partial charge in [0.05, 0.1) is 0 Å². The molecule has 0 aliphatic rings. The quantitative estimate of drug-likeness (QED) is 0.0261. The van der Waals surface area contributed by atoms with E-state index >= 15 is 0 Å². The molecule has 460 valence electrons. The number of rotatable bonds is 64. The molecule has 0 heterocycles.